The zero-order chi connectivity index (χ0) is 15.5. The van der Waals surface area contributed by atoms with E-state index in [2.05, 4.69) is 6.07 Å². The van der Waals surface area contributed by atoms with Crippen LogP contribution < -0.4 is 4.74 Å². The molecule has 1 saturated carbocycles. The van der Waals surface area contributed by atoms with Gasteiger partial charge >= 0.3 is 0 Å². The van der Waals surface area contributed by atoms with Gasteiger partial charge in [-0.15, -0.1) is 0 Å². The highest BCUT2D eigenvalue weighted by atomic mass is 16.5. The van der Waals surface area contributed by atoms with Crippen molar-refractivity contribution in [3.8, 4) is 28.4 Å². The fourth-order valence-electron chi connectivity index (χ4n) is 3.62. The van der Waals surface area contributed by atoms with Crippen LogP contribution in [-0.2, 0) is 12.0 Å². The number of rotatable bonds is 1. The maximum absolute atomic E-state index is 10.3. The number of aromatic hydroxyl groups is 2. The zero-order valence-corrected chi connectivity index (χ0v) is 12.9. The lowest BCUT2D eigenvalue weighted by molar-refractivity contribution is -0.0147. The van der Waals surface area contributed by atoms with E-state index >= 15 is 0 Å². The molecule has 0 radical (unpaired) electrons. The molecule has 1 fully saturated rings. The number of ether oxygens (including phenoxy) is 1. The van der Waals surface area contributed by atoms with Crippen LogP contribution in [0.2, 0.25) is 0 Å². The van der Waals surface area contributed by atoms with Crippen LogP contribution in [-0.4, -0.2) is 10.2 Å². The molecule has 2 aromatic carbocycles. The average Bonchev–Trinajstić information content (AvgIpc) is 2.46. The quantitative estimate of drug-likeness (QED) is 0.819. The van der Waals surface area contributed by atoms with E-state index in [1.807, 2.05) is 26.0 Å². The van der Waals surface area contributed by atoms with Gasteiger partial charge in [0.05, 0.1) is 0 Å². The number of fused-ring (bicyclic) bond motifs is 4. The molecule has 2 aromatic rings. The second-order valence-corrected chi connectivity index (χ2v) is 6.46. The summed E-state index contributed by atoms with van der Waals surface area (Å²) in [5, 5.41) is 20.3. The van der Waals surface area contributed by atoms with Crippen molar-refractivity contribution in [1.29, 1.82) is 0 Å². The second kappa shape index (κ2) is 4.42. The molecule has 3 heteroatoms. The van der Waals surface area contributed by atoms with E-state index in [-0.39, 0.29) is 11.4 Å². The molecule has 0 atom stereocenters. The van der Waals surface area contributed by atoms with Gasteiger partial charge in [0.15, 0.2) is 0 Å². The molecule has 2 aliphatic rings. The van der Waals surface area contributed by atoms with Crippen molar-refractivity contribution < 1.29 is 14.9 Å². The Morgan fingerprint density at radius 2 is 1.82 bits per heavy atom. The van der Waals surface area contributed by atoms with Gasteiger partial charge in [-0.05, 0) is 67.5 Å². The first-order valence-corrected chi connectivity index (χ1v) is 7.93. The van der Waals surface area contributed by atoms with Gasteiger partial charge in [-0.1, -0.05) is 6.92 Å². The predicted molar refractivity (Wildman–Crippen MR) is 85.5 cm³/mol. The normalized spacial score (nSPS) is 17.4. The first kappa shape index (κ1) is 13.5. The summed E-state index contributed by atoms with van der Waals surface area (Å²) in [7, 11) is 0. The van der Waals surface area contributed by atoms with E-state index in [1.165, 1.54) is 0 Å². The molecule has 1 aliphatic heterocycles. The van der Waals surface area contributed by atoms with E-state index in [0.717, 1.165) is 59.3 Å². The molecule has 4 rings (SSSR count). The highest BCUT2D eigenvalue weighted by Gasteiger charge is 2.46. The van der Waals surface area contributed by atoms with Gasteiger partial charge in [0.2, 0.25) is 0 Å². The van der Waals surface area contributed by atoms with Crippen LogP contribution in [0, 0.1) is 6.92 Å². The van der Waals surface area contributed by atoms with E-state index < -0.39 is 0 Å². The van der Waals surface area contributed by atoms with Crippen molar-refractivity contribution in [2.24, 2.45) is 0 Å². The number of aryl methyl sites for hydroxylation is 2. The highest BCUT2D eigenvalue weighted by Crippen LogP contribution is 2.55. The minimum atomic E-state index is -0.326. The third-order valence-corrected chi connectivity index (χ3v) is 5.15. The Balaban J connectivity index is 2.02. The molecule has 22 heavy (non-hydrogen) atoms. The Kier molecular flexibility index (Phi) is 2.71. The Morgan fingerprint density at radius 3 is 2.45 bits per heavy atom. The average molecular weight is 296 g/mol. The van der Waals surface area contributed by atoms with Gasteiger partial charge in [0.1, 0.15) is 22.8 Å². The maximum Gasteiger partial charge on any atom is 0.135 e. The standard InChI is InChI=1S/C19H20O3/c1-3-12-8-13-14-7-11(2)16(20)10-18(14)22-19(5-4-6-19)15(13)9-17(12)21/h7-10,20-21H,3-6H2,1-2H3. The van der Waals surface area contributed by atoms with Crippen molar-refractivity contribution >= 4 is 0 Å². The molecule has 0 aromatic heterocycles. The summed E-state index contributed by atoms with van der Waals surface area (Å²) in [6.07, 6.45) is 3.83. The lowest BCUT2D eigenvalue weighted by Gasteiger charge is -2.46. The Hall–Kier alpha value is -2.16. The molecule has 1 spiro atoms. The third kappa shape index (κ3) is 1.68. The molecule has 0 saturated heterocycles. The molecular weight excluding hydrogens is 276 g/mol. The van der Waals surface area contributed by atoms with E-state index in [1.54, 1.807) is 6.07 Å². The molecule has 0 bridgehead atoms. The third-order valence-electron chi connectivity index (χ3n) is 5.15. The Bertz CT molecular complexity index is 773. The minimum absolute atomic E-state index is 0.270. The number of phenolic OH excluding ortho intramolecular Hbond substituents is 2. The minimum Gasteiger partial charge on any atom is -0.508 e. The molecule has 1 heterocycles. The number of hydrogen-bond donors (Lipinski definition) is 2. The predicted octanol–water partition coefficient (Wildman–Crippen LogP) is 4.41. The number of phenols is 2. The van der Waals surface area contributed by atoms with Gasteiger partial charge in [-0.3, -0.25) is 0 Å². The number of benzene rings is 2. The maximum atomic E-state index is 10.3. The highest BCUT2D eigenvalue weighted by molar-refractivity contribution is 5.80. The summed E-state index contributed by atoms with van der Waals surface area (Å²) in [6, 6.07) is 7.68. The van der Waals surface area contributed by atoms with Gasteiger partial charge in [0, 0.05) is 17.2 Å². The first-order valence-electron chi connectivity index (χ1n) is 7.93. The van der Waals surface area contributed by atoms with Crippen LogP contribution in [0.15, 0.2) is 24.3 Å². The van der Waals surface area contributed by atoms with Crippen molar-refractivity contribution in [1.82, 2.24) is 0 Å². The van der Waals surface area contributed by atoms with E-state index in [4.69, 9.17) is 4.74 Å². The molecular formula is C19H20O3. The first-order chi connectivity index (χ1) is 10.5. The fraction of sp³-hybridized carbons (Fsp3) is 0.368. The van der Waals surface area contributed by atoms with Crippen LogP contribution in [0.5, 0.6) is 17.2 Å². The van der Waals surface area contributed by atoms with Crippen LogP contribution in [0.4, 0.5) is 0 Å². The molecule has 0 unspecified atom stereocenters. The summed E-state index contributed by atoms with van der Waals surface area (Å²) < 4.78 is 6.28. The van der Waals surface area contributed by atoms with Crippen LogP contribution in [0.1, 0.15) is 42.9 Å². The topological polar surface area (TPSA) is 49.7 Å². The van der Waals surface area contributed by atoms with Gasteiger partial charge in [-0.25, -0.2) is 0 Å². The van der Waals surface area contributed by atoms with Crippen molar-refractivity contribution in [3.63, 3.8) is 0 Å². The van der Waals surface area contributed by atoms with Crippen molar-refractivity contribution in [2.45, 2.75) is 45.1 Å². The van der Waals surface area contributed by atoms with Gasteiger partial charge in [0.25, 0.3) is 0 Å². The zero-order valence-electron chi connectivity index (χ0n) is 12.9. The van der Waals surface area contributed by atoms with Crippen molar-refractivity contribution in [3.05, 3.63) is 41.0 Å². The monoisotopic (exact) mass is 296 g/mol. The summed E-state index contributed by atoms with van der Waals surface area (Å²) in [5.74, 6) is 1.38. The Morgan fingerprint density at radius 1 is 1.05 bits per heavy atom. The SMILES string of the molecule is CCc1cc2c(cc1O)C1(CCC1)Oc1cc(O)c(C)cc1-2. The van der Waals surface area contributed by atoms with Crippen molar-refractivity contribution in [2.75, 3.05) is 0 Å². The van der Waals surface area contributed by atoms with Crippen LogP contribution >= 0.6 is 0 Å². The largest absolute Gasteiger partial charge is 0.508 e. The molecule has 2 N–H and O–H groups in total. The molecule has 114 valence electrons. The van der Waals surface area contributed by atoms with Crippen LogP contribution in [0.25, 0.3) is 11.1 Å². The van der Waals surface area contributed by atoms with Gasteiger partial charge < -0.3 is 14.9 Å². The summed E-state index contributed by atoms with van der Waals surface area (Å²) in [5.41, 5.74) is 4.70. The van der Waals surface area contributed by atoms with E-state index in [0.29, 0.717) is 5.75 Å². The Labute approximate surface area is 130 Å². The summed E-state index contributed by atoms with van der Waals surface area (Å²) in [4.78, 5) is 0. The molecule has 3 nitrogen and oxygen atoms in total. The fourth-order valence-corrected chi connectivity index (χ4v) is 3.62. The van der Waals surface area contributed by atoms with E-state index in [9.17, 15) is 10.2 Å². The van der Waals surface area contributed by atoms with Crippen LogP contribution in [0.3, 0.4) is 0 Å². The molecule has 0 amide bonds. The lowest BCUT2D eigenvalue weighted by Crippen LogP contribution is -2.42. The van der Waals surface area contributed by atoms with Gasteiger partial charge in [-0.2, -0.15) is 0 Å². The second-order valence-electron chi connectivity index (χ2n) is 6.46. The lowest BCUT2D eigenvalue weighted by atomic mass is 9.70. The molecule has 1 aliphatic carbocycles. The number of hydrogen-bond acceptors (Lipinski definition) is 3. The smallest absolute Gasteiger partial charge is 0.135 e. The summed E-state index contributed by atoms with van der Waals surface area (Å²) in [6.45, 7) is 3.94. The summed E-state index contributed by atoms with van der Waals surface area (Å²) >= 11 is 0.